The Balaban J connectivity index is 1.32. The Kier molecular flexibility index (Phi) is 6.53. The maximum Gasteiger partial charge on any atom is 0.415 e. The fourth-order valence-corrected chi connectivity index (χ4v) is 6.10. The van der Waals surface area contributed by atoms with Crippen molar-refractivity contribution in [3.8, 4) is 0 Å². The predicted octanol–water partition coefficient (Wildman–Crippen LogP) is 5.69. The van der Waals surface area contributed by atoms with Gasteiger partial charge in [0.1, 0.15) is 13.1 Å². The van der Waals surface area contributed by atoms with Crippen LogP contribution in [-0.4, -0.2) is 48.6 Å². The number of hydrogen-bond acceptors (Lipinski definition) is 4. The second-order valence-corrected chi connectivity index (χ2v) is 10.7. The first-order chi connectivity index (χ1) is 16.5. The standard InChI is InChI=1S/C28H31N2O3S/c1-21-7-5-10-24(17-21)29(18-25-11-6-16-34-25)28(32)33-27-20-30(14-12-23(27)13-15-30)19-26(31)22-8-3-2-4-9-22/h2-11,16-17,23,27H,12-15,18-20H2,1H3/q+1. The first-order valence-electron chi connectivity index (χ1n) is 12.0. The smallest absolute Gasteiger partial charge is 0.415 e. The highest BCUT2D eigenvalue weighted by Gasteiger charge is 2.48. The van der Waals surface area contributed by atoms with Crippen molar-refractivity contribution >= 4 is 28.9 Å². The first-order valence-corrected chi connectivity index (χ1v) is 12.9. The van der Waals surface area contributed by atoms with Crippen LogP contribution in [0.3, 0.4) is 0 Å². The van der Waals surface area contributed by atoms with Crippen LogP contribution in [-0.2, 0) is 11.3 Å². The summed E-state index contributed by atoms with van der Waals surface area (Å²) in [5, 5.41) is 2.03. The number of hydrogen-bond donors (Lipinski definition) is 0. The molecule has 0 saturated carbocycles. The lowest BCUT2D eigenvalue weighted by molar-refractivity contribution is -0.938. The summed E-state index contributed by atoms with van der Waals surface area (Å²) in [7, 11) is 0. The van der Waals surface area contributed by atoms with Gasteiger partial charge in [-0.05, 0) is 36.1 Å². The third kappa shape index (κ3) is 4.93. The number of thiophene rings is 1. The van der Waals surface area contributed by atoms with Gasteiger partial charge in [0.2, 0.25) is 5.78 Å². The lowest BCUT2D eigenvalue weighted by Crippen LogP contribution is -2.66. The lowest BCUT2D eigenvalue weighted by Gasteiger charge is -2.51. The molecule has 1 atom stereocenters. The summed E-state index contributed by atoms with van der Waals surface area (Å²) in [5.74, 6) is 0.544. The Morgan fingerprint density at radius 1 is 1.03 bits per heavy atom. The van der Waals surface area contributed by atoms with Crippen LogP contribution in [0.4, 0.5) is 10.5 Å². The van der Waals surface area contributed by atoms with Crippen LogP contribution in [0.25, 0.3) is 0 Å². The normalized spacial score (nSPS) is 23.4. The predicted molar refractivity (Wildman–Crippen MR) is 135 cm³/mol. The Bertz CT molecular complexity index is 1140. The van der Waals surface area contributed by atoms with Crippen LogP contribution in [0, 0.1) is 12.8 Å². The number of benzene rings is 2. The topological polar surface area (TPSA) is 46.6 Å². The van der Waals surface area contributed by atoms with Crippen molar-refractivity contribution in [2.75, 3.05) is 31.1 Å². The number of rotatable bonds is 7. The van der Waals surface area contributed by atoms with Gasteiger partial charge in [0.15, 0.2) is 6.10 Å². The van der Waals surface area contributed by atoms with E-state index in [2.05, 4.69) is 0 Å². The highest BCUT2D eigenvalue weighted by atomic mass is 32.1. The largest absolute Gasteiger partial charge is 0.440 e. The number of quaternary nitrogens is 1. The molecule has 5 nitrogen and oxygen atoms in total. The molecule has 0 N–H and O–H groups in total. The van der Waals surface area contributed by atoms with Crippen molar-refractivity contribution in [2.45, 2.75) is 32.4 Å². The molecule has 3 aliphatic heterocycles. The van der Waals surface area contributed by atoms with E-state index in [0.29, 0.717) is 19.0 Å². The molecular formula is C28H31N2O3S+. The second-order valence-electron chi connectivity index (χ2n) is 9.68. The number of carbonyl (C=O) groups is 2. The number of amides is 1. The number of piperidine rings is 3. The Hall–Kier alpha value is -2.96. The molecule has 2 aromatic carbocycles. The van der Waals surface area contributed by atoms with Gasteiger partial charge < -0.3 is 9.22 Å². The summed E-state index contributed by atoms with van der Waals surface area (Å²) in [6.45, 7) is 5.67. The first kappa shape index (κ1) is 22.8. The number of ether oxygens (including phenoxy) is 1. The van der Waals surface area contributed by atoms with Crippen molar-refractivity contribution in [3.05, 3.63) is 88.1 Å². The van der Waals surface area contributed by atoms with Crippen LogP contribution in [0.2, 0.25) is 0 Å². The zero-order valence-electron chi connectivity index (χ0n) is 19.6. The molecule has 0 spiro atoms. The van der Waals surface area contributed by atoms with Gasteiger partial charge in [-0.15, -0.1) is 11.3 Å². The fourth-order valence-electron chi connectivity index (χ4n) is 5.41. The average Bonchev–Trinajstić information content (AvgIpc) is 3.37. The number of nitrogens with zero attached hydrogens (tertiary/aromatic N) is 2. The van der Waals surface area contributed by atoms with Gasteiger partial charge in [0.25, 0.3) is 0 Å². The molecule has 4 heterocycles. The molecular weight excluding hydrogens is 444 g/mol. The second kappa shape index (κ2) is 9.72. The molecule has 1 aromatic heterocycles. The van der Waals surface area contributed by atoms with Gasteiger partial charge in [-0.25, -0.2) is 4.79 Å². The number of aryl methyl sites for hydroxylation is 1. The Labute approximate surface area is 205 Å². The number of fused-ring (bicyclic) bond motifs is 3. The van der Waals surface area contributed by atoms with Gasteiger partial charge in [0.05, 0.1) is 19.6 Å². The van der Waals surface area contributed by atoms with Crippen LogP contribution < -0.4 is 4.90 Å². The highest BCUT2D eigenvalue weighted by Crippen LogP contribution is 2.36. The van der Waals surface area contributed by atoms with Crippen molar-refractivity contribution in [1.29, 1.82) is 0 Å². The molecule has 3 fully saturated rings. The molecule has 6 rings (SSSR count). The summed E-state index contributed by atoms with van der Waals surface area (Å²) in [6, 6.07) is 21.6. The molecule has 0 radical (unpaired) electrons. The van der Waals surface area contributed by atoms with E-state index < -0.39 is 0 Å². The number of carbonyl (C=O) groups excluding carboxylic acids is 2. The van der Waals surface area contributed by atoms with Crippen LogP contribution in [0.15, 0.2) is 72.1 Å². The Morgan fingerprint density at radius 2 is 1.82 bits per heavy atom. The minimum atomic E-state index is -0.301. The zero-order chi connectivity index (χ0) is 23.5. The zero-order valence-corrected chi connectivity index (χ0v) is 20.4. The molecule has 0 aliphatic carbocycles. The lowest BCUT2D eigenvalue weighted by atomic mass is 9.83. The van der Waals surface area contributed by atoms with E-state index in [-0.39, 0.29) is 18.0 Å². The number of anilines is 1. The van der Waals surface area contributed by atoms with Gasteiger partial charge in [-0.1, -0.05) is 48.5 Å². The maximum atomic E-state index is 13.5. The van der Waals surface area contributed by atoms with Crippen molar-refractivity contribution < 1.29 is 18.8 Å². The van der Waals surface area contributed by atoms with E-state index in [1.165, 1.54) is 0 Å². The molecule has 3 aliphatic rings. The van der Waals surface area contributed by atoms with Gasteiger partial charge in [-0.2, -0.15) is 0 Å². The monoisotopic (exact) mass is 475 g/mol. The minimum absolute atomic E-state index is 0.158. The van der Waals surface area contributed by atoms with Gasteiger partial charge >= 0.3 is 6.09 Å². The number of ketones is 1. The SMILES string of the molecule is Cc1cccc(N(Cc2cccs2)C(=O)OC2C[N+]3(CC(=O)c4ccccc4)CCC2CC3)c1. The summed E-state index contributed by atoms with van der Waals surface area (Å²) < 4.78 is 6.93. The van der Waals surface area contributed by atoms with E-state index in [4.69, 9.17) is 4.74 Å². The fraction of sp³-hybridized carbons (Fsp3) is 0.357. The van der Waals surface area contributed by atoms with Crippen LogP contribution in [0.1, 0.15) is 33.6 Å². The van der Waals surface area contributed by atoms with Crippen molar-refractivity contribution in [1.82, 2.24) is 0 Å². The summed E-state index contributed by atoms with van der Waals surface area (Å²) in [4.78, 5) is 29.4. The van der Waals surface area contributed by atoms with E-state index in [9.17, 15) is 9.59 Å². The number of Topliss-reactive ketones (excluding diaryl/α,β-unsaturated/α-hetero) is 1. The molecule has 176 valence electrons. The third-order valence-corrected chi connectivity index (χ3v) is 8.16. The molecule has 1 unspecified atom stereocenters. The molecule has 6 heteroatoms. The summed E-state index contributed by atoms with van der Waals surface area (Å²) in [6.07, 6.45) is 1.53. The van der Waals surface area contributed by atoms with E-state index in [0.717, 1.165) is 58.7 Å². The molecule has 2 bridgehead atoms. The molecule has 3 aromatic rings. The summed E-state index contributed by atoms with van der Waals surface area (Å²) >= 11 is 1.64. The van der Waals surface area contributed by atoms with Crippen molar-refractivity contribution in [3.63, 3.8) is 0 Å². The molecule has 1 amide bonds. The molecule has 3 saturated heterocycles. The molecule has 34 heavy (non-hydrogen) atoms. The van der Waals surface area contributed by atoms with Gasteiger partial charge in [0, 0.05) is 34.9 Å². The highest BCUT2D eigenvalue weighted by molar-refractivity contribution is 7.09. The van der Waals surface area contributed by atoms with E-state index >= 15 is 0 Å². The van der Waals surface area contributed by atoms with E-state index in [1.807, 2.05) is 79.0 Å². The van der Waals surface area contributed by atoms with Crippen LogP contribution >= 0.6 is 11.3 Å². The van der Waals surface area contributed by atoms with E-state index in [1.54, 1.807) is 16.2 Å². The Morgan fingerprint density at radius 3 is 2.53 bits per heavy atom. The minimum Gasteiger partial charge on any atom is -0.440 e. The van der Waals surface area contributed by atoms with Gasteiger partial charge in [-0.3, -0.25) is 9.69 Å². The maximum absolute atomic E-state index is 13.5. The summed E-state index contributed by atoms with van der Waals surface area (Å²) in [5.41, 5.74) is 2.72. The third-order valence-electron chi connectivity index (χ3n) is 7.30. The quantitative estimate of drug-likeness (QED) is 0.326. The van der Waals surface area contributed by atoms with Crippen LogP contribution in [0.5, 0.6) is 0 Å². The average molecular weight is 476 g/mol. The van der Waals surface area contributed by atoms with Crippen molar-refractivity contribution in [2.24, 2.45) is 5.92 Å².